The van der Waals surface area contributed by atoms with Gasteiger partial charge >= 0.3 is 5.97 Å². The third kappa shape index (κ3) is 3.30. The summed E-state index contributed by atoms with van der Waals surface area (Å²) in [5, 5.41) is 8.45. The molecule has 0 aliphatic carbocycles. The molecule has 0 aromatic heterocycles. The van der Waals surface area contributed by atoms with Crippen molar-refractivity contribution in [2.24, 2.45) is 5.92 Å². The molecule has 0 saturated heterocycles. The van der Waals surface area contributed by atoms with Crippen molar-refractivity contribution in [2.45, 2.75) is 24.0 Å². The van der Waals surface area contributed by atoms with Gasteiger partial charge in [-0.25, -0.2) is 0 Å². The summed E-state index contributed by atoms with van der Waals surface area (Å²) < 4.78 is 17.1. The first-order valence-corrected chi connectivity index (χ1v) is 6.46. The molecule has 4 nitrogen and oxygen atoms in total. The monoisotopic (exact) mass is 256 g/mol. The fourth-order valence-corrected chi connectivity index (χ4v) is 2.63. The zero-order valence-corrected chi connectivity index (χ0v) is 10.9. The van der Waals surface area contributed by atoms with E-state index >= 15 is 0 Å². The van der Waals surface area contributed by atoms with Crippen LogP contribution in [0.25, 0.3) is 0 Å². The number of rotatable bonds is 5. The molecule has 17 heavy (non-hydrogen) atoms. The molecular weight excluding hydrogens is 240 g/mol. The highest BCUT2D eigenvalue weighted by atomic mass is 32.2. The average Bonchev–Trinajstić information content (AvgIpc) is 2.36. The van der Waals surface area contributed by atoms with E-state index < -0.39 is 27.9 Å². The largest absolute Gasteiger partial charge is 0.497 e. The number of benzene rings is 1. The minimum atomic E-state index is -1.33. The van der Waals surface area contributed by atoms with Gasteiger partial charge in [-0.1, -0.05) is 6.92 Å². The number of aliphatic carboxylic acids is 1. The predicted molar refractivity (Wildman–Crippen MR) is 65.7 cm³/mol. The maximum Gasteiger partial charge on any atom is 0.307 e. The molecule has 94 valence electrons. The van der Waals surface area contributed by atoms with E-state index in [0.29, 0.717) is 10.6 Å². The van der Waals surface area contributed by atoms with E-state index in [9.17, 15) is 9.00 Å². The van der Waals surface area contributed by atoms with Crippen molar-refractivity contribution in [3.8, 4) is 5.75 Å². The summed E-state index contributed by atoms with van der Waals surface area (Å²) in [6.45, 7) is 3.24. The Morgan fingerprint density at radius 3 is 2.24 bits per heavy atom. The van der Waals surface area contributed by atoms with Gasteiger partial charge < -0.3 is 9.84 Å². The lowest BCUT2D eigenvalue weighted by atomic mass is 10.1. The van der Waals surface area contributed by atoms with Crippen molar-refractivity contribution >= 4 is 16.8 Å². The fourth-order valence-electron chi connectivity index (χ4n) is 1.31. The van der Waals surface area contributed by atoms with Crippen LogP contribution >= 0.6 is 0 Å². The number of carboxylic acids is 1. The highest BCUT2D eigenvalue weighted by Gasteiger charge is 2.25. The summed E-state index contributed by atoms with van der Waals surface area (Å²) in [4.78, 5) is 11.4. The Labute approximate surface area is 103 Å². The molecule has 0 saturated carbocycles. The Morgan fingerprint density at radius 1 is 1.29 bits per heavy atom. The number of hydrogen-bond acceptors (Lipinski definition) is 3. The van der Waals surface area contributed by atoms with E-state index in [-0.39, 0.29) is 0 Å². The second kappa shape index (κ2) is 5.82. The van der Waals surface area contributed by atoms with E-state index in [2.05, 4.69) is 0 Å². The lowest BCUT2D eigenvalue weighted by molar-refractivity contribution is -0.141. The minimum Gasteiger partial charge on any atom is -0.497 e. The van der Waals surface area contributed by atoms with E-state index in [1.54, 1.807) is 45.2 Å². The quantitative estimate of drug-likeness (QED) is 0.874. The zero-order chi connectivity index (χ0) is 13.0. The Hall–Kier alpha value is -1.36. The van der Waals surface area contributed by atoms with Crippen LogP contribution in [0.2, 0.25) is 0 Å². The third-order valence-corrected chi connectivity index (χ3v) is 4.54. The summed E-state index contributed by atoms with van der Waals surface area (Å²) >= 11 is 0. The highest BCUT2D eigenvalue weighted by molar-refractivity contribution is 7.85. The van der Waals surface area contributed by atoms with Gasteiger partial charge in [0.1, 0.15) is 5.75 Å². The first kappa shape index (κ1) is 13.7. The molecule has 0 bridgehead atoms. The minimum absolute atomic E-state index is 0.430. The molecule has 0 amide bonds. The van der Waals surface area contributed by atoms with Crippen LogP contribution in [0.4, 0.5) is 0 Å². The van der Waals surface area contributed by atoms with Crippen molar-refractivity contribution in [1.29, 1.82) is 0 Å². The van der Waals surface area contributed by atoms with Crippen molar-refractivity contribution in [3.63, 3.8) is 0 Å². The van der Waals surface area contributed by atoms with Gasteiger partial charge in [0, 0.05) is 10.1 Å². The zero-order valence-electron chi connectivity index (χ0n) is 10.0. The lowest BCUT2D eigenvalue weighted by Gasteiger charge is -2.15. The number of carbonyl (C=O) groups is 1. The summed E-state index contributed by atoms with van der Waals surface area (Å²) in [6, 6.07) is 6.82. The van der Waals surface area contributed by atoms with Gasteiger partial charge in [0.25, 0.3) is 0 Å². The fraction of sp³-hybridized carbons (Fsp3) is 0.417. The molecule has 1 aromatic rings. The Kier molecular flexibility index (Phi) is 4.69. The van der Waals surface area contributed by atoms with Crippen LogP contribution in [0.3, 0.4) is 0 Å². The number of methoxy groups -OCH3 is 1. The Balaban J connectivity index is 2.85. The van der Waals surface area contributed by atoms with Gasteiger partial charge in [0.15, 0.2) is 0 Å². The van der Waals surface area contributed by atoms with Gasteiger partial charge in [-0.05, 0) is 31.2 Å². The topological polar surface area (TPSA) is 63.6 Å². The maximum atomic E-state index is 12.1. The van der Waals surface area contributed by atoms with Crippen LogP contribution in [0.5, 0.6) is 5.75 Å². The summed E-state index contributed by atoms with van der Waals surface area (Å²) in [7, 11) is 0.231. The Morgan fingerprint density at radius 2 is 1.82 bits per heavy atom. The second-order valence-electron chi connectivity index (χ2n) is 3.80. The normalized spacial score (nSPS) is 15.9. The maximum absolute atomic E-state index is 12.1. The van der Waals surface area contributed by atoms with Gasteiger partial charge in [-0.15, -0.1) is 0 Å². The molecule has 5 heteroatoms. The summed E-state index contributed by atoms with van der Waals surface area (Å²) in [5.74, 6) is -0.887. The molecule has 0 aliphatic rings. The summed E-state index contributed by atoms with van der Waals surface area (Å²) in [6.07, 6.45) is 0. The standard InChI is InChI=1S/C12H16O4S/c1-8(12(13)14)9(2)17(15)11-6-4-10(16-3)5-7-11/h4-9H,1-3H3,(H,13,14). The molecular formula is C12H16O4S. The molecule has 1 N–H and O–H groups in total. The Bertz CT molecular complexity index is 413. The molecule has 3 unspecified atom stereocenters. The van der Waals surface area contributed by atoms with Crippen molar-refractivity contribution in [3.05, 3.63) is 24.3 Å². The molecule has 0 heterocycles. The SMILES string of the molecule is COc1ccc(S(=O)C(C)C(C)C(=O)O)cc1. The molecule has 0 fully saturated rings. The molecule has 3 atom stereocenters. The predicted octanol–water partition coefficient (Wildman–Crippen LogP) is 1.91. The van der Waals surface area contributed by atoms with E-state index in [4.69, 9.17) is 9.84 Å². The van der Waals surface area contributed by atoms with E-state index in [1.165, 1.54) is 0 Å². The lowest BCUT2D eigenvalue weighted by Crippen LogP contribution is -2.26. The van der Waals surface area contributed by atoms with Gasteiger partial charge in [-0.3, -0.25) is 9.00 Å². The number of hydrogen-bond donors (Lipinski definition) is 1. The van der Waals surface area contributed by atoms with E-state index in [0.717, 1.165) is 0 Å². The van der Waals surface area contributed by atoms with Crippen molar-refractivity contribution in [1.82, 2.24) is 0 Å². The van der Waals surface area contributed by atoms with Gasteiger partial charge in [0.05, 0.1) is 23.8 Å². The highest BCUT2D eigenvalue weighted by Crippen LogP contribution is 2.20. The molecule has 0 aliphatic heterocycles. The molecule has 0 spiro atoms. The first-order chi connectivity index (χ1) is 7.97. The van der Waals surface area contributed by atoms with Crippen LogP contribution in [0, 0.1) is 5.92 Å². The van der Waals surface area contributed by atoms with Gasteiger partial charge in [0.2, 0.25) is 0 Å². The molecule has 0 radical (unpaired) electrons. The van der Waals surface area contributed by atoms with Crippen LogP contribution in [-0.4, -0.2) is 27.6 Å². The van der Waals surface area contributed by atoms with Crippen LogP contribution in [-0.2, 0) is 15.6 Å². The molecule has 1 rings (SSSR count). The van der Waals surface area contributed by atoms with Crippen LogP contribution < -0.4 is 4.74 Å². The number of carboxylic acid groups (broad SMARTS) is 1. The molecule has 1 aromatic carbocycles. The number of ether oxygens (including phenoxy) is 1. The smallest absolute Gasteiger partial charge is 0.307 e. The summed E-state index contributed by atoms with van der Waals surface area (Å²) in [5.41, 5.74) is 0. The first-order valence-electron chi connectivity index (χ1n) is 5.24. The van der Waals surface area contributed by atoms with Crippen LogP contribution in [0.15, 0.2) is 29.2 Å². The average molecular weight is 256 g/mol. The van der Waals surface area contributed by atoms with Gasteiger partial charge in [-0.2, -0.15) is 0 Å². The van der Waals surface area contributed by atoms with Crippen LogP contribution in [0.1, 0.15) is 13.8 Å². The second-order valence-corrected chi connectivity index (χ2v) is 5.61. The third-order valence-electron chi connectivity index (χ3n) is 2.72. The van der Waals surface area contributed by atoms with E-state index in [1.807, 2.05) is 0 Å². The van der Waals surface area contributed by atoms with Crippen molar-refractivity contribution in [2.75, 3.05) is 7.11 Å². The van der Waals surface area contributed by atoms with Crippen molar-refractivity contribution < 1.29 is 18.8 Å².